The minimum atomic E-state index is 0.492. The van der Waals surface area contributed by atoms with Crippen LogP contribution in [0.25, 0.3) is 0 Å². The third kappa shape index (κ3) is 6.49. The van der Waals surface area contributed by atoms with Gasteiger partial charge in [-0.1, -0.05) is 37.6 Å². The number of rotatable bonds is 10. The molecule has 1 N–H and O–H groups in total. The summed E-state index contributed by atoms with van der Waals surface area (Å²) < 4.78 is 5.19. The molecule has 2 nitrogen and oxygen atoms in total. The molecule has 2 atom stereocenters. The van der Waals surface area contributed by atoms with Crippen LogP contribution in [0.5, 0.6) is 0 Å². The third-order valence-corrected chi connectivity index (χ3v) is 5.01. The van der Waals surface area contributed by atoms with Gasteiger partial charge in [-0.05, 0) is 37.4 Å². The molecule has 114 valence electrons. The Morgan fingerprint density at radius 1 is 1.35 bits per heavy atom. The van der Waals surface area contributed by atoms with Gasteiger partial charge >= 0.3 is 0 Å². The summed E-state index contributed by atoms with van der Waals surface area (Å²) in [4.78, 5) is 1.16. The zero-order valence-electron chi connectivity index (χ0n) is 12.7. The van der Waals surface area contributed by atoms with Gasteiger partial charge in [0, 0.05) is 30.4 Å². The summed E-state index contributed by atoms with van der Waals surface area (Å²) in [5.41, 5.74) is 0. The number of ether oxygens (including phenoxy) is 1. The molecule has 0 amide bonds. The van der Waals surface area contributed by atoms with Crippen LogP contribution < -0.4 is 5.32 Å². The Kier molecular flexibility index (Phi) is 9.36. The van der Waals surface area contributed by atoms with Gasteiger partial charge in [0.2, 0.25) is 0 Å². The van der Waals surface area contributed by atoms with Crippen molar-refractivity contribution >= 4 is 23.4 Å². The van der Waals surface area contributed by atoms with E-state index in [0.29, 0.717) is 12.0 Å². The van der Waals surface area contributed by atoms with E-state index in [2.05, 4.69) is 25.2 Å². The fraction of sp³-hybridized carbons (Fsp3) is 0.625. The van der Waals surface area contributed by atoms with Gasteiger partial charge in [0.15, 0.2) is 0 Å². The summed E-state index contributed by atoms with van der Waals surface area (Å²) in [7, 11) is 1.76. The van der Waals surface area contributed by atoms with E-state index in [0.717, 1.165) is 41.7 Å². The van der Waals surface area contributed by atoms with Crippen molar-refractivity contribution in [3.05, 3.63) is 29.3 Å². The second-order valence-corrected chi connectivity index (χ2v) is 6.53. The van der Waals surface area contributed by atoms with Gasteiger partial charge in [-0.2, -0.15) is 0 Å². The van der Waals surface area contributed by atoms with E-state index in [4.69, 9.17) is 16.3 Å². The SMILES string of the molecule is CCCNC(CSc1ccccc1Cl)C(C)CCOC. The monoisotopic (exact) mass is 315 g/mol. The topological polar surface area (TPSA) is 21.3 Å². The highest BCUT2D eigenvalue weighted by Crippen LogP contribution is 2.28. The van der Waals surface area contributed by atoms with Gasteiger partial charge in [-0.25, -0.2) is 0 Å². The highest BCUT2D eigenvalue weighted by Gasteiger charge is 2.17. The Hall–Kier alpha value is -0.220. The fourth-order valence-electron chi connectivity index (χ4n) is 2.00. The van der Waals surface area contributed by atoms with E-state index in [1.165, 1.54) is 0 Å². The summed E-state index contributed by atoms with van der Waals surface area (Å²) in [5, 5.41) is 4.49. The van der Waals surface area contributed by atoms with E-state index in [1.807, 2.05) is 30.0 Å². The molecule has 0 radical (unpaired) electrons. The summed E-state index contributed by atoms with van der Waals surface area (Å²) in [6, 6.07) is 8.54. The van der Waals surface area contributed by atoms with Crippen LogP contribution in [0.4, 0.5) is 0 Å². The van der Waals surface area contributed by atoms with Crippen molar-refractivity contribution in [1.82, 2.24) is 5.32 Å². The van der Waals surface area contributed by atoms with E-state index in [1.54, 1.807) is 7.11 Å². The molecule has 1 aromatic carbocycles. The molecule has 0 aliphatic heterocycles. The van der Waals surface area contributed by atoms with Crippen molar-refractivity contribution in [1.29, 1.82) is 0 Å². The van der Waals surface area contributed by atoms with E-state index in [-0.39, 0.29) is 0 Å². The maximum Gasteiger partial charge on any atom is 0.0541 e. The summed E-state index contributed by atoms with van der Waals surface area (Å²) in [6.45, 7) is 6.37. The first-order valence-corrected chi connectivity index (χ1v) is 8.65. The van der Waals surface area contributed by atoms with Crippen LogP contribution in [-0.2, 0) is 4.74 Å². The molecular weight excluding hydrogens is 290 g/mol. The largest absolute Gasteiger partial charge is 0.385 e. The Labute approximate surface area is 132 Å². The number of hydrogen-bond acceptors (Lipinski definition) is 3. The fourth-order valence-corrected chi connectivity index (χ4v) is 3.49. The Balaban J connectivity index is 2.53. The zero-order valence-corrected chi connectivity index (χ0v) is 14.3. The van der Waals surface area contributed by atoms with Gasteiger partial charge in [0.1, 0.15) is 0 Å². The molecule has 4 heteroatoms. The Morgan fingerprint density at radius 3 is 2.75 bits per heavy atom. The predicted molar refractivity (Wildman–Crippen MR) is 89.9 cm³/mol. The first-order chi connectivity index (χ1) is 9.69. The first-order valence-electron chi connectivity index (χ1n) is 7.28. The smallest absolute Gasteiger partial charge is 0.0541 e. The lowest BCUT2D eigenvalue weighted by atomic mass is 10.00. The molecule has 0 aliphatic carbocycles. The maximum atomic E-state index is 6.21. The molecular formula is C16H26ClNOS. The Bertz CT molecular complexity index is 375. The minimum Gasteiger partial charge on any atom is -0.385 e. The minimum absolute atomic E-state index is 0.492. The number of halogens is 1. The summed E-state index contributed by atoms with van der Waals surface area (Å²) in [6.07, 6.45) is 2.24. The van der Waals surface area contributed by atoms with Crippen molar-refractivity contribution in [3.63, 3.8) is 0 Å². The second-order valence-electron chi connectivity index (χ2n) is 5.06. The van der Waals surface area contributed by atoms with Crippen molar-refractivity contribution in [2.24, 2.45) is 5.92 Å². The van der Waals surface area contributed by atoms with Gasteiger partial charge in [0.25, 0.3) is 0 Å². The average Bonchev–Trinajstić information content (AvgIpc) is 2.46. The van der Waals surface area contributed by atoms with Crippen LogP contribution >= 0.6 is 23.4 Å². The number of thioether (sulfide) groups is 1. The number of nitrogens with one attached hydrogen (secondary N) is 1. The highest BCUT2D eigenvalue weighted by molar-refractivity contribution is 7.99. The van der Waals surface area contributed by atoms with Gasteiger partial charge in [-0.15, -0.1) is 11.8 Å². The van der Waals surface area contributed by atoms with Gasteiger partial charge in [-0.3, -0.25) is 0 Å². The molecule has 2 unspecified atom stereocenters. The van der Waals surface area contributed by atoms with Crippen LogP contribution in [0.3, 0.4) is 0 Å². The molecule has 0 spiro atoms. The molecule has 0 saturated heterocycles. The van der Waals surface area contributed by atoms with Crippen molar-refractivity contribution in [2.75, 3.05) is 26.0 Å². The lowest BCUT2D eigenvalue weighted by Crippen LogP contribution is -2.38. The summed E-state index contributed by atoms with van der Waals surface area (Å²) >= 11 is 8.05. The summed E-state index contributed by atoms with van der Waals surface area (Å²) in [5.74, 6) is 1.63. The molecule has 0 aliphatic rings. The van der Waals surface area contributed by atoms with Crippen LogP contribution in [0.2, 0.25) is 5.02 Å². The van der Waals surface area contributed by atoms with E-state index in [9.17, 15) is 0 Å². The third-order valence-electron chi connectivity index (χ3n) is 3.38. The van der Waals surface area contributed by atoms with Crippen LogP contribution in [0.1, 0.15) is 26.7 Å². The molecule has 0 bridgehead atoms. The average molecular weight is 316 g/mol. The van der Waals surface area contributed by atoms with Crippen LogP contribution in [0, 0.1) is 5.92 Å². The van der Waals surface area contributed by atoms with Crippen molar-refractivity contribution in [2.45, 2.75) is 37.6 Å². The molecule has 0 aromatic heterocycles. The van der Waals surface area contributed by atoms with E-state index >= 15 is 0 Å². The second kappa shape index (κ2) is 10.5. The maximum absolute atomic E-state index is 6.21. The molecule has 0 heterocycles. The first kappa shape index (κ1) is 17.8. The molecule has 0 saturated carbocycles. The predicted octanol–water partition coefficient (Wildman–Crippen LogP) is 4.47. The van der Waals surface area contributed by atoms with Crippen LogP contribution in [-0.4, -0.2) is 32.1 Å². The van der Waals surface area contributed by atoms with Crippen molar-refractivity contribution < 1.29 is 4.74 Å². The normalized spacial score (nSPS) is 14.2. The zero-order chi connectivity index (χ0) is 14.8. The van der Waals surface area contributed by atoms with E-state index < -0.39 is 0 Å². The molecule has 20 heavy (non-hydrogen) atoms. The number of methoxy groups -OCH3 is 1. The quantitative estimate of drug-likeness (QED) is 0.644. The Morgan fingerprint density at radius 2 is 2.10 bits per heavy atom. The lowest BCUT2D eigenvalue weighted by Gasteiger charge is -2.25. The lowest BCUT2D eigenvalue weighted by molar-refractivity contribution is 0.172. The highest BCUT2D eigenvalue weighted by atomic mass is 35.5. The van der Waals surface area contributed by atoms with Crippen LogP contribution in [0.15, 0.2) is 29.2 Å². The standard InChI is InChI=1S/C16H26ClNOS/c1-4-10-18-15(13(2)9-11-19-3)12-20-16-8-6-5-7-14(16)17/h5-8,13,15,18H,4,9-12H2,1-3H3. The number of benzene rings is 1. The van der Waals surface area contributed by atoms with Gasteiger partial charge < -0.3 is 10.1 Å². The van der Waals surface area contributed by atoms with Crippen molar-refractivity contribution in [3.8, 4) is 0 Å². The number of hydrogen-bond donors (Lipinski definition) is 1. The molecule has 1 aromatic rings. The van der Waals surface area contributed by atoms with Gasteiger partial charge in [0.05, 0.1) is 5.02 Å². The molecule has 0 fully saturated rings. The molecule has 1 rings (SSSR count).